The molecule has 0 saturated carbocycles. The topological polar surface area (TPSA) is 41.1 Å². The van der Waals surface area contributed by atoms with Gasteiger partial charge in [-0.2, -0.15) is 13.2 Å². The number of halogens is 3. The quantitative estimate of drug-likeness (QED) is 0.874. The third kappa shape index (κ3) is 4.85. The highest BCUT2D eigenvalue weighted by Crippen LogP contribution is 2.31. The van der Waals surface area contributed by atoms with Gasteiger partial charge in [-0.25, -0.2) is 0 Å². The molecule has 0 aliphatic rings. The molecule has 3 nitrogen and oxygen atoms in total. The molecule has 0 radical (unpaired) electrons. The number of amides is 1. The number of hydrogen-bond donors (Lipinski definition) is 2. The lowest BCUT2D eigenvalue weighted by atomic mass is 10.1. The largest absolute Gasteiger partial charge is 0.416 e. The van der Waals surface area contributed by atoms with E-state index < -0.39 is 17.8 Å². The van der Waals surface area contributed by atoms with Crippen molar-refractivity contribution < 1.29 is 18.0 Å². The third-order valence-electron chi connectivity index (χ3n) is 2.75. The summed E-state index contributed by atoms with van der Waals surface area (Å²) in [5.41, 5.74) is -0.548. The molecule has 20 heavy (non-hydrogen) atoms. The minimum atomic E-state index is -4.39. The van der Waals surface area contributed by atoms with Crippen molar-refractivity contribution in [2.75, 3.05) is 0 Å². The number of carbonyl (C=O) groups excluding carboxylic acids is 1. The zero-order valence-corrected chi connectivity index (χ0v) is 11.7. The van der Waals surface area contributed by atoms with Crippen molar-refractivity contribution in [3.8, 4) is 0 Å². The second-order valence-electron chi connectivity index (χ2n) is 4.92. The molecule has 1 aromatic carbocycles. The summed E-state index contributed by atoms with van der Waals surface area (Å²) in [7, 11) is 0. The minimum Gasteiger partial charge on any atom is -0.353 e. The van der Waals surface area contributed by atoms with Gasteiger partial charge in [-0.3, -0.25) is 4.79 Å². The lowest BCUT2D eigenvalue weighted by Gasteiger charge is -2.18. The Morgan fingerprint density at radius 2 is 1.80 bits per heavy atom. The van der Waals surface area contributed by atoms with Crippen molar-refractivity contribution in [3.63, 3.8) is 0 Å². The van der Waals surface area contributed by atoms with Gasteiger partial charge in [0.2, 0.25) is 5.91 Å². The molecule has 0 aromatic heterocycles. The van der Waals surface area contributed by atoms with Crippen molar-refractivity contribution in [1.29, 1.82) is 0 Å². The van der Waals surface area contributed by atoms with Gasteiger partial charge >= 0.3 is 6.18 Å². The number of nitrogens with one attached hydrogen (secondary N) is 2. The Labute approximate surface area is 116 Å². The van der Waals surface area contributed by atoms with Crippen LogP contribution in [0, 0.1) is 0 Å². The van der Waals surface area contributed by atoms with Crippen LogP contribution in [0.3, 0.4) is 0 Å². The van der Waals surface area contributed by atoms with Gasteiger partial charge in [-0.15, -0.1) is 0 Å². The van der Waals surface area contributed by atoms with Gasteiger partial charge in [0, 0.05) is 12.6 Å². The van der Waals surface area contributed by atoms with E-state index in [1.165, 1.54) is 12.1 Å². The van der Waals surface area contributed by atoms with E-state index >= 15 is 0 Å². The van der Waals surface area contributed by atoms with Crippen LogP contribution in [0.4, 0.5) is 13.2 Å². The van der Waals surface area contributed by atoms with Crippen LogP contribution in [-0.2, 0) is 17.5 Å². The molecule has 0 spiro atoms. The minimum absolute atomic E-state index is 0.00536. The van der Waals surface area contributed by atoms with Crippen molar-refractivity contribution >= 4 is 5.91 Å². The van der Waals surface area contributed by atoms with Crippen LogP contribution in [-0.4, -0.2) is 18.0 Å². The molecule has 1 atom stereocenters. The Morgan fingerprint density at radius 3 is 2.35 bits per heavy atom. The molecule has 112 valence electrons. The highest BCUT2D eigenvalue weighted by Gasteiger charge is 2.32. The van der Waals surface area contributed by atoms with Crippen molar-refractivity contribution in [3.05, 3.63) is 35.4 Å². The van der Waals surface area contributed by atoms with E-state index in [0.29, 0.717) is 0 Å². The maximum Gasteiger partial charge on any atom is 0.416 e. The van der Waals surface area contributed by atoms with Gasteiger partial charge in [-0.1, -0.05) is 18.2 Å². The van der Waals surface area contributed by atoms with E-state index in [1.54, 1.807) is 13.0 Å². The van der Waals surface area contributed by atoms with Crippen LogP contribution in [0.15, 0.2) is 24.3 Å². The van der Waals surface area contributed by atoms with E-state index in [2.05, 4.69) is 10.6 Å². The molecular formula is C14H19F3N2O. The molecular weight excluding hydrogens is 269 g/mol. The fraction of sp³-hybridized carbons (Fsp3) is 0.500. The van der Waals surface area contributed by atoms with Crippen LogP contribution < -0.4 is 10.6 Å². The molecule has 2 N–H and O–H groups in total. The predicted molar refractivity (Wildman–Crippen MR) is 71.0 cm³/mol. The van der Waals surface area contributed by atoms with E-state index in [4.69, 9.17) is 0 Å². The first kappa shape index (κ1) is 16.5. The first-order valence-electron chi connectivity index (χ1n) is 6.40. The van der Waals surface area contributed by atoms with Gasteiger partial charge in [0.15, 0.2) is 0 Å². The lowest BCUT2D eigenvalue weighted by molar-refractivity contribution is -0.138. The summed E-state index contributed by atoms with van der Waals surface area (Å²) >= 11 is 0. The number of benzene rings is 1. The average molecular weight is 288 g/mol. The first-order valence-corrected chi connectivity index (χ1v) is 6.40. The highest BCUT2D eigenvalue weighted by molar-refractivity contribution is 5.81. The van der Waals surface area contributed by atoms with Crippen LogP contribution in [0.25, 0.3) is 0 Å². The molecule has 0 saturated heterocycles. The monoisotopic (exact) mass is 288 g/mol. The first-order chi connectivity index (χ1) is 9.21. The van der Waals surface area contributed by atoms with Crippen molar-refractivity contribution in [2.45, 2.75) is 45.6 Å². The highest BCUT2D eigenvalue weighted by atomic mass is 19.4. The fourth-order valence-corrected chi connectivity index (χ4v) is 1.72. The zero-order chi connectivity index (χ0) is 15.3. The van der Waals surface area contributed by atoms with Gasteiger partial charge in [0.05, 0.1) is 11.6 Å². The maximum atomic E-state index is 12.8. The van der Waals surface area contributed by atoms with Crippen LogP contribution >= 0.6 is 0 Å². The normalized spacial score (nSPS) is 13.3. The SMILES string of the molecule is CC(C)NC(=O)C(C)NCc1ccccc1C(F)(F)F. The average Bonchev–Trinajstić information content (AvgIpc) is 2.34. The zero-order valence-electron chi connectivity index (χ0n) is 11.7. The summed E-state index contributed by atoms with van der Waals surface area (Å²) in [5, 5.41) is 5.50. The van der Waals surface area contributed by atoms with Gasteiger partial charge in [0.1, 0.15) is 0 Å². The Balaban J connectivity index is 2.69. The molecule has 0 fully saturated rings. The number of alkyl halides is 3. The molecule has 0 bridgehead atoms. The second-order valence-corrected chi connectivity index (χ2v) is 4.92. The Morgan fingerprint density at radius 1 is 1.20 bits per heavy atom. The number of hydrogen-bond acceptors (Lipinski definition) is 2. The van der Waals surface area contributed by atoms with E-state index in [1.807, 2.05) is 13.8 Å². The van der Waals surface area contributed by atoms with Gasteiger partial charge in [-0.05, 0) is 32.4 Å². The molecule has 0 aliphatic heterocycles. The molecule has 0 aliphatic carbocycles. The summed E-state index contributed by atoms with van der Waals surface area (Å²) in [6, 6.07) is 4.78. The van der Waals surface area contributed by atoms with Crippen LogP contribution in [0.1, 0.15) is 31.9 Å². The molecule has 0 heterocycles. The molecule has 1 unspecified atom stereocenters. The fourth-order valence-electron chi connectivity index (χ4n) is 1.72. The lowest BCUT2D eigenvalue weighted by Crippen LogP contribution is -2.44. The Bertz CT molecular complexity index is 458. The standard InChI is InChI=1S/C14H19F3N2O/c1-9(2)19-13(20)10(3)18-8-11-6-4-5-7-12(11)14(15,16)17/h4-7,9-10,18H,8H2,1-3H3,(H,19,20). The summed E-state index contributed by atoms with van der Waals surface area (Å²) in [5.74, 6) is -0.232. The van der Waals surface area contributed by atoms with Crippen molar-refractivity contribution in [2.24, 2.45) is 0 Å². The maximum absolute atomic E-state index is 12.8. The van der Waals surface area contributed by atoms with E-state index in [9.17, 15) is 18.0 Å². The summed E-state index contributed by atoms with van der Waals surface area (Å²) in [4.78, 5) is 11.7. The van der Waals surface area contributed by atoms with E-state index in [0.717, 1.165) is 6.07 Å². The summed E-state index contributed by atoms with van der Waals surface area (Å²) < 4.78 is 38.4. The van der Waals surface area contributed by atoms with Crippen LogP contribution in [0.2, 0.25) is 0 Å². The second kappa shape index (κ2) is 6.74. The Hall–Kier alpha value is -1.56. The molecule has 1 amide bonds. The predicted octanol–water partition coefficient (Wildman–Crippen LogP) is 2.71. The van der Waals surface area contributed by atoms with Crippen molar-refractivity contribution in [1.82, 2.24) is 10.6 Å². The van der Waals surface area contributed by atoms with Gasteiger partial charge in [0.25, 0.3) is 0 Å². The van der Waals surface area contributed by atoms with Gasteiger partial charge < -0.3 is 10.6 Å². The van der Waals surface area contributed by atoms with Crippen LogP contribution in [0.5, 0.6) is 0 Å². The molecule has 1 rings (SSSR count). The number of rotatable bonds is 5. The third-order valence-corrected chi connectivity index (χ3v) is 2.75. The summed E-state index contributed by atoms with van der Waals surface area (Å²) in [6.45, 7) is 5.25. The summed E-state index contributed by atoms with van der Waals surface area (Å²) in [6.07, 6.45) is -4.39. The Kier molecular flexibility index (Phi) is 5.56. The number of carbonyl (C=O) groups is 1. The smallest absolute Gasteiger partial charge is 0.353 e. The van der Waals surface area contributed by atoms with E-state index in [-0.39, 0.29) is 24.1 Å². The molecule has 6 heteroatoms. The molecule has 1 aromatic rings.